The molecule has 1 N–H and O–H groups in total. The van der Waals surface area contributed by atoms with Gasteiger partial charge in [0.1, 0.15) is 0 Å². The number of aromatic nitrogens is 1. The van der Waals surface area contributed by atoms with E-state index in [0.29, 0.717) is 26.3 Å². The lowest BCUT2D eigenvalue weighted by Gasteiger charge is -2.35. The van der Waals surface area contributed by atoms with E-state index in [2.05, 4.69) is 15.2 Å². The van der Waals surface area contributed by atoms with Crippen LogP contribution in [0.25, 0.3) is 0 Å². The Labute approximate surface area is 211 Å². The number of nitro benzene ring substituents is 1. The van der Waals surface area contributed by atoms with E-state index in [9.17, 15) is 28.1 Å². The Morgan fingerprint density at radius 1 is 1.06 bits per heavy atom. The van der Waals surface area contributed by atoms with Crippen molar-refractivity contribution in [2.24, 2.45) is 0 Å². The molecule has 2 aliphatic rings. The van der Waals surface area contributed by atoms with Crippen LogP contribution >= 0.6 is 12.4 Å². The van der Waals surface area contributed by atoms with Gasteiger partial charge in [-0.3, -0.25) is 19.8 Å². The number of rotatable bonds is 7. The van der Waals surface area contributed by atoms with Crippen LogP contribution in [0, 0.1) is 27.6 Å². The number of piperazine rings is 1. The van der Waals surface area contributed by atoms with Crippen LogP contribution < -0.4 is 10.2 Å². The number of hydrogen-bond acceptors (Lipinski definition) is 8. The van der Waals surface area contributed by atoms with Crippen LogP contribution in [0.4, 0.5) is 30.5 Å². The van der Waals surface area contributed by atoms with Gasteiger partial charge < -0.3 is 19.9 Å². The second-order valence-electron chi connectivity index (χ2n) is 8.19. The quantitative estimate of drug-likeness (QED) is 0.430. The van der Waals surface area contributed by atoms with Gasteiger partial charge in [-0.05, 0) is 6.07 Å². The Balaban J connectivity index is 0.00000361. The molecule has 0 atom stereocenters. The summed E-state index contributed by atoms with van der Waals surface area (Å²) in [6.45, 7) is 4.11. The molecule has 0 bridgehead atoms. The summed E-state index contributed by atoms with van der Waals surface area (Å²) in [5.41, 5.74) is -0.0345. The number of carbonyl (C=O) groups is 1. The van der Waals surface area contributed by atoms with Crippen LogP contribution in [0.3, 0.4) is 0 Å². The first-order valence-corrected chi connectivity index (χ1v) is 11.2. The lowest BCUT2D eigenvalue weighted by molar-refractivity contribution is -0.384. The van der Waals surface area contributed by atoms with Crippen molar-refractivity contribution in [1.82, 2.24) is 14.8 Å². The number of carbonyl (C=O) groups excluding carboxylic acids is 1. The summed E-state index contributed by atoms with van der Waals surface area (Å²) in [7, 11) is 0. The van der Waals surface area contributed by atoms with E-state index in [1.807, 2.05) is 0 Å². The van der Waals surface area contributed by atoms with Crippen molar-refractivity contribution < 1.29 is 27.6 Å². The van der Waals surface area contributed by atoms with E-state index in [-0.39, 0.29) is 61.5 Å². The molecule has 2 fully saturated rings. The van der Waals surface area contributed by atoms with E-state index in [1.165, 1.54) is 34.1 Å². The van der Waals surface area contributed by atoms with Gasteiger partial charge in [0, 0.05) is 70.1 Å². The number of ether oxygens (including phenoxy) is 1. The number of nitrogens with zero attached hydrogens (tertiary/aromatic N) is 5. The third-order valence-corrected chi connectivity index (χ3v) is 6.00. The van der Waals surface area contributed by atoms with E-state index in [1.54, 1.807) is 0 Å². The molecule has 14 heteroatoms. The molecule has 0 aliphatic carbocycles. The maximum atomic E-state index is 14.6. The molecule has 0 unspecified atom stereocenters. The number of hydrogen-bond donors (Lipinski definition) is 1. The summed E-state index contributed by atoms with van der Waals surface area (Å²) in [6, 6.07) is 5.39. The number of pyridine rings is 1. The van der Waals surface area contributed by atoms with Crippen molar-refractivity contribution in [2.75, 3.05) is 75.8 Å². The molecule has 1 amide bonds. The Morgan fingerprint density at radius 3 is 2.42 bits per heavy atom. The van der Waals surface area contributed by atoms with Crippen LogP contribution in [-0.4, -0.2) is 91.2 Å². The topological polar surface area (TPSA) is 104 Å². The Kier molecular flexibility index (Phi) is 9.29. The molecule has 10 nitrogen and oxygen atoms in total. The van der Waals surface area contributed by atoms with E-state index >= 15 is 0 Å². The molecule has 196 valence electrons. The van der Waals surface area contributed by atoms with Gasteiger partial charge in [-0.25, -0.2) is 9.37 Å². The normalized spacial score (nSPS) is 16.4. The fourth-order valence-corrected chi connectivity index (χ4v) is 4.04. The summed E-state index contributed by atoms with van der Waals surface area (Å²) in [5.74, 6) is -5.49. The first-order chi connectivity index (χ1) is 16.8. The number of halogens is 4. The number of nitro groups is 1. The van der Waals surface area contributed by atoms with Gasteiger partial charge in [-0.2, -0.15) is 8.78 Å². The molecule has 0 spiro atoms. The molecule has 1 aromatic carbocycles. The lowest BCUT2D eigenvalue weighted by atomic mass is 10.1. The fraction of sp³-hybridized carbons (Fsp3) is 0.455. The molecular weight excluding hydrogens is 505 g/mol. The van der Waals surface area contributed by atoms with Crippen molar-refractivity contribution in [3.8, 4) is 0 Å². The molecule has 2 aromatic rings. The maximum Gasteiger partial charge on any atom is 0.270 e. The average Bonchev–Trinajstić information content (AvgIpc) is 2.89. The van der Waals surface area contributed by atoms with Gasteiger partial charge in [-0.1, -0.05) is 6.07 Å². The molecule has 0 saturated carbocycles. The summed E-state index contributed by atoms with van der Waals surface area (Å²) in [4.78, 5) is 32.2. The first-order valence-electron chi connectivity index (χ1n) is 11.2. The molecule has 1 aromatic heterocycles. The molecule has 0 radical (unpaired) electrons. The number of morpholine rings is 1. The van der Waals surface area contributed by atoms with Crippen molar-refractivity contribution in [3.05, 3.63) is 57.4 Å². The summed E-state index contributed by atoms with van der Waals surface area (Å²) in [6.07, 6.45) is 0. The third-order valence-electron chi connectivity index (χ3n) is 6.00. The zero-order valence-electron chi connectivity index (χ0n) is 19.3. The number of benzene rings is 1. The minimum absolute atomic E-state index is 0. The molecule has 2 aliphatic heterocycles. The largest absolute Gasteiger partial charge is 0.379 e. The van der Waals surface area contributed by atoms with Crippen LogP contribution in [-0.2, 0) is 4.74 Å². The summed E-state index contributed by atoms with van der Waals surface area (Å²) >= 11 is 0. The highest BCUT2D eigenvalue weighted by Gasteiger charge is 2.29. The number of anilines is 2. The van der Waals surface area contributed by atoms with E-state index in [0.717, 1.165) is 13.1 Å². The first kappa shape index (κ1) is 27.4. The Morgan fingerprint density at radius 2 is 1.75 bits per heavy atom. The highest BCUT2D eigenvalue weighted by Crippen LogP contribution is 2.27. The van der Waals surface area contributed by atoms with Crippen LogP contribution in [0.2, 0.25) is 0 Å². The van der Waals surface area contributed by atoms with Gasteiger partial charge in [-0.15, -0.1) is 12.4 Å². The highest BCUT2D eigenvalue weighted by molar-refractivity contribution is 5.95. The Hall–Kier alpha value is -3.16. The molecule has 2 saturated heterocycles. The standard InChI is InChI=1S/C22H25F3N6O4.ClH/c23-17-18(24)20(26-4-5-28-10-12-35-13-11-28)27-21(19(17)25)29-6-8-30(9-7-29)22(32)15-2-1-3-16(14-15)31(33)34;/h1-3,14H,4-13H2,(H,26,27);1H. The van der Waals surface area contributed by atoms with Gasteiger partial charge in [0.05, 0.1) is 18.1 Å². The van der Waals surface area contributed by atoms with Gasteiger partial charge in [0.15, 0.2) is 11.6 Å². The van der Waals surface area contributed by atoms with Gasteiger partial charge >= 0.3 is 0 Å². The number of nitrogens with one attached hydrogen (secondary N) is 1. The van der Waals surface area contributed by atoms with Crippen molar-refractivity contribution >= 4 is 35.6 Å². The van der Waals surface area contributed by atoms with Crippen molar-refractivity contribution in [2.45, 2.75) is 0 Å². The van der Waals surface area contributed by atoms with Crippen LogP contribution in [0.5, 0.6) is 0 Å². The molecule has 36 heavy (non-hydrogen) atoms. The number of non-ortho nitro benzene ring substituents is 1. The predicted molar refractivity (Wildman–Crippen MR) is 128 cm³/mol. The van der Waals surface area contributed by atoms with Gasteiger partial charge in [0.2, 0.25) is 17.5 Å². The SMILES string of the molecule is Cl.O=C(c1cccc([N+](=O)[O-])c1)N1CCN(c2nc(NCCN3CCOCC3)c(F)c(F)c2F)CC1. The molecular formula is C22H26ClF3N6O4. The second-order valence-corrected chi connectivity index (χ2v) is 8.19. The van der Waals surface area contributed by atoms with Crippen LogP contribution in [0.1, 0.15) is 10.4 Å². The fourth-order valence-electron chi connectivity index (χ4n) is 4.04. The summed E-state index contributed by atoms with van der Waals surface area (Å²) < 4.78 is 48.5. The van der Waals surface area contributed by atoms with E-state index < -0.39 is 28.3 Å². The molecule has 3 heterocycles. The third kappa shape index (κ3) is 6.15. The minimum Gasteiger partial charge on any atom is -0.379 e. The summed E-state index contributed by atoms with van der Waals surface area (Å²) in [5, 5.41) is 13.7. The maximum absolute atomic E-state index is 14.6. The average molecular weight is 531 g/mol. The lowest BCUT2D eigenvalue weighted by Crippen LogP contribution is -2.49. The van der Waals surface area contributed by atoms with E-state index in [4.69, 9.17) is 4.74 Å². The number of amides is 1. The zero-order chi connectivity index (χ0) is 24.9. The monoisotopic (exact) mass is 530 g/mol. The van der Waals surface area contributed by atoms with Crippen molar-refractivity contribution in [1.29, 1.82) is 0 Å². The smallest absolute Gasteiger partial charge is 0.270 e. The minimum atomic E-state index is -1.61. The zero-order valence-corrected chi connectivity index (χ0v) is 20.1. The second kappa shape index (κ2) is 12.2. The predicted octanol–water partition coefficient (Wildman–Crippen LogP) is 2.54. The van der Waals surface area contributed by atoms with Crippen LogP contribution in [0.15, 0.2) is 24.3 Å². The van der Waals surface area contributed by atoms with Crippen molar-refractivity contribution in [3.63, 3.8) is 0 Å². The Bertz CT molecular complexity index is 1100. The molecule has 4 rings (SSSR count). The van der Waals surface area contributed by atoms with Gasteiger partial charge in [0.25, 0.3) is 11.6 Å². The highest BCUT2D eigenvalue weighted by atomic mass is 35.5.